The number of nitrogens with one attached hydrogen (secondary N) is 1. The monoisotopic (exact) mass is 476 g/mol. The van der Waals surface area contributed by atoms with Crippen LogP contribution in [0.25, 0.3) is 0 Å². The first-order valence-electron chi connectivity index (χ1n) is 11.2. The van der Waals surface area contributed by atoms with Gasteiger partial charge >= 0.3 is 6.09 Å². The van der Waals surface area contributed by atoms with Gasteiger partial charge in [0, 0.05) is 31.4 Å². The van der Waals surface area contributed by atoms with Crippen LogP contribution in [0.2, 0.25) is 0 Å². The highest BCUT2D eigenvalue weighted by Crippen LogP contribution is 2.30. The van der Waals surface area contributed by atoms with Crippen molar-refractivity contribution in [2.24, 2.45) is 11.7 Å². The van der Waals surface area contributed by atoms with Crippen LogP contribution in [0.1, 0.15) is 28.4 Å². The molecule has 10 heteroatoms. The Morgan fingerprint density at radius 2 is 1.94 bits per heavy atom. The second-order valence-corrected chi connectivity index (χ2v) is 8.26. The molecule has 4 rings (SSSR count). The van der Waals surface area contributed by atoms with E-state index >= 15 is 0 Å². The maximum Gasteiger partial charge on any atom is 0.409 e. The Bertz CT molecular complexity index is 1220. The van der Waals surface area contributed by atoms with E-state index in [1.807, 2.05) is 30.3 Å². The molecule has 0 unspecified atom stereocenters. The zero-order chi connectivity index (χ0) is 24.8. The van der Waals surface area contributed by atoms with Gasteiger partial charge in [-0.2, -0.15) is 10.4 Å². The van der Waals surface area contributed by atoms with Crippen LogP contribution in [0.15, 0.2) is 60.8 Å². The van der Waals surface area contributed by atoms with Gasteiger partial charge in [-0.15, -0.1) is 0 Å². The fourth-order valence-electron chi connectivity index (χ4n) is 4.05. The van der Waals surface area contributed by atoms with E-state index in [-0.39, 0.29) is 30.6 Å². The third kappa shape index (κ3) is 5.76. The minimum atomic E-state index is -0.686. The lowest BCUT2D eigenvalue weighted by atomic mass is 9.94. The first-order valence-corrected chi connectivity index (χ1v) is 11.2. The number of aromatic nitrogens is 2. The molecule has 2 atom stereocenters. The number of piperidine rings is 1. The number of hydrogen-bond acceptors (Lipinski definition) is 6. The summed E-state index contributed by atoms with van der Waals surface area (Å²) in [5, 5.41) is 17.2. The van der Waals surface area contributed by atoms with Gasteiger partial charge in [0.05, 0.1) is 24.6 Å². The molecule has 0 spiro atoms. The van der Waals surface area contributed by atoms with Gasteiger partial charge in [-0.05, 0) is 36.2 Å². The van der Waals surface area contributed by atoms with Crippen LogP contribution >= 0.6 is 0 Å². The highest BCUT2D eigenvalue weighted by atomic mass is 19.1. The van der Waals surface area contributed by atoms with E-state index in [0.29, 0.717) is 25.1 Å². The zero-order valence-electron chi connectivity index (χ0n) is 18.9. The van der Waals surface area contributed by atoms with Crippen molar-refractivity contribution in [3.8, 4) is 6.07 Å². The molecule has 1 fully saturated rings. The lowest BCUT2D eigenvalue weighted by Crippen LogP contribution is -2.44. The second-order valence-electron chi connectivity index (χ2n) is 8.26. The third-order valence-corrected chi connectivity index (χ3v) is 5.90. The SMILES string of the molecule is N#C[C@H]1CN(C(=O)OCCc2ccccc2)CC[C@@H]1n1cc(C(N)=O)c(Nc2ccc(F)cc2)n1. The second kappa shape index (κ2) is 10.7. The Morgan fingerprint density at radius 3 is 2.63 bits per heavy atom. The van der Waals surface area contributed by atoms with Crippen LogP contribution in [0, 0.1) is 23.1 Å². The van der Waals surface area contributed by atoms with Gasteiger partial charge in [-0.1, -0.05) is 30.3 Å². The van der Waals surface area contributed by atoms with Crippen molar-refractivity contribution >= 4 is 23.5 Å². The molecule has 0 saturated carbocycles. The number of halogens is 1. The Balaban J connectivity index is 1.41. The van der Waals surface area contributed by atoms with Crippen molar-refractivity contribution in [3.05, 3.63) is 77.7 Å². The lowest BCUT2D eigenvalue weighted by molar-refractivity contribution is 0.0787. The summed E-state index contributed by atoms with van der Waals surface area (Å²) in [6, 6.07) is 17.2. The zero-order valence-corrected chi connectivity index (χ0v) is 18.9. The minimum absolute atomic E-state index is 0.147. The van der Waals surface area contributed by atoms with E-state index in [0.717, 1.165) is 5.56 Å². The maximum absolute atomic E-state index is 13.2. The number of likely N-dealkylation sites (tertiary alicyclic amines) is 1. The molecule has 0 radical (unpaired) electrons. The van der Waals surface area contributed by atoms with Crippen LogP contribution in [-0.4, -0.2) is 46.4 Å². The van der Waals surface area contributed by atoms with E-state index in [2.05, 4.69) is 16.5 Å². The van der Waals surface area contributed by atoms with Crippen molar-refractivity contribution in [1.82, 2.24) is 14.7 Å². The number of hydrogen-bond donors (Lipinski definition) is 2. The predicted octanol–water partition coefficient (Wildman–Crippen LogP) is 3.63. The highest BCUT2D eigenvalue weighted by molar-refractivity contribution is 5.98. The molecule has 3 aromatic rings. The first kappa shape index (κ1) is 23.8. The smallest absolute Gasteiger partial charge is 0.409 e. The van der Waals surface area contributed by atoms with Crippen LogP contribution in [0.4, 0.5) is 20.7 Å². The number of nitrogens with zero attached hydrogens (tertiary/aromatic N) is 4. The molecule has 1 aromatic heterocycles. The van der Waals surface area contributed by atoms with Crippen LogP contribution in [-0.2, 0) is 11.2 Å². The molecule has 2 heterocycles. The molecule has 2 aromatic carbocycles. The summed E-state index contributed by atoms with van der Waals surface area (Å²) >= 11 is 0. The number of carbonyl (C=O) groups is 2. The number of nitriles is 1. The summed E-state index contributed by atoms with van der Waals surface area (Å²) in [7, 11) is 0. The molecule has 1 aliphatic heterocycles. The summed E-state index contributed by atoms with van der Waals surface area (Å²) in [5.74, 6) is -1.43. The normalized spacial score (nSPS) is 17.4. The summed E-state index contributed by atoms with van der Waals surface area (Å²) in [6.07, 6.45) is 2.09. The van der Waals surface area contributed by atoms with Crippen molar-refractivity contribution in [2.45, 2.75) is 18.9 Å². The number of anilines is 2. The van der Waals surface area contributed by atoms with E-state index < -0.39 is 23.7 Å². The third-order valence-electron chi connectivity index (χ3n) is 5.90. The molecule has 1 aliphatic rings. The fourth-order valence-corrected chi connectivity index (χ4v) is 4.05. The molecule has 2 amide bonds. The van der Waals surface area contributed by atoms with E-state index in [1.165, 1.54) is 40.0 Å². The maximum atomic E-state index is 13.2. The summed E-state index contributed by atoms with van der Waals surface area (Å²) < 4.78 is 20.2. The van der Waals surface area contributed by atoms with Gasteiger partial charge in [-0.3, -0.25) is 9.48 Å². The Morgan fingerprint density at radius 1 is 1.20 bits per heavy atom. The highest BCUT2D eigenvalue weighted by Gasteiger charge is 2.34. The molecule has 180 valence electrons. The minimum Gasteiger partial charge on any atom is -0.449 e. The number of amides is 2. The molecule has 0 aliphatic carbocycles. The van der Waals surface area contributed by atoms with Crippen LogP contribution in [0.5, 0.6) is 0 Å². The van der Waals surface area contributed by atoms with E-state index in [1.54, 1.807) is 0 Å². The Hall–Kier alpha value is -4.39. The molecular weight excluding hydrogens is 451 g/mol. The number of primary amides is 1. The predicted molar refractivity (Wildman–Crippen MR) is 126 cm³/mol. The largest absolute Gasteiger partial charge is 0.449 e. The average Bonchev–Trinajstić information content (AvgIpc) is 3.29. The molecule has 3 N–H and O–H groups in total. The molecule has 0 bridgehead atoms. The van der Waals surface area contributed by atoms with Crippen molar-refractivity contribution < 1.29 is 18.7 Å². The Labute approximate surface area is 201 Å². The Kier molecular flexibility index (Phi) is 7.26. The number of nitrogens with two attached hydrogens (primary N) is 1. The van der Waals surface area contributed by atoms with Crippen LogP contribution < -0.4 is 11.1 Å². The topological polar surface area (TPSA) is 126 Å². The number of ether oxygens (including phenoxy) is 1. The number of rotatable bonds is 7. The van der Waals surface area contributed by atoms with Crippen molar-refractivity contribution in [1.29, 1.82) is 5.26 Å². The molecule has 35 heavy (non-hydrogen) atoms. The van der Waals surface area contributed by atoms with Gasteiger partial charge in [0.25, 0.3) is 5.91 Å². The number of benzene rings is 2. The summed E-state index contributed by atoms with van der Waals surface area (Å²) in [5.41, 5.74) is 7.28. The van der Waals surface area contributed by atoms with Gasteiger partial charge in [0.2, 0.25) is 0 Å². The van der Waals surface area contributed by atoms with Gasteiger partial charge < -0.3 is 20.7 Å². The summed E-state index contributed by atoms with van der Waals surface area (Å²) in [4.78, 5) is 26.1. The van der Waals surface area contributed by atoms with Gasteiger partial charge in [0.1, 0.15) is 11.4 Å². The van der Waals surface area contributed by atoms with Crippen molar-refractivity contribution in [2.75, 3.05) is 25.0 Å². The van der Waals surface area contributed by atoms with E-state index in [4.69, 9.17) is 10.5 Å². The number of carbonyl (C=O) groups excluding carboxylic acids is 2. The molecule has 9 nitrogen and oxygen atoms in total. The average molecular weight is 477 g/mol. The van der Waals surface area contributed by atoms with Crippen molar-refractivity contribution in [3.63, 3.8) is 0 Å². The van der Waals surface area contributed by atoms with E-state index in [9.17, 15) is 19.2 Å². The standard InChI is InChI=1S/C25H25FN6O3/c26-19-6-8-20(9-7-19)29-24-21(23(28)33)16-32(30-24)22-10-12-31(15-18(22)14-27)25(34)35-13-11-17-4-2-1-3-5-17/h1-9,16,18,22H,10-13,15H2,(H2,28,33)(H,29,30)/t18-,22-/m0/s1. The lowest BCUT2D eigenvalue weighted by Gasteiger charge is -2.34. The van der Waals surface area contributed by atoms with Gasteiger partial charge in [0.15, 0.2) is 5.82 Å². The first-order chi connectivity index (χ1) is 16.9. The molecule has 1 saturated heterocycles. The van der Waals surface area contributed by atoms with Crippen LogP contribution in [0.3, 0.4) is 0 Å². The van der Waals surface area contributed by atoms with Gasteiger partial charge in [-0.25, -0.2) is 9.18 Å². The quantitative estimate of drug-likeness (QED) is 0.536. The summed E-state index contributed by atoms with van der Waals surface area (Å²) in [6.45, 7) is 0.802. The molecular formula is C25H25FN6O3. The fraction of sp³-hybridized carbons (Fsp3) is 0.280.